The third-order valence-electron chi connectivity index (χ3n) is 2.41. The van der Waals surface area contributed by atoms with Gasteiger partial charge in [0.2, 0.25) is 0 Å². The van der Waals surface area contributed by atoms with Gasteiger partial charge in [-0.15, -0.1) is 0 Å². The second kappa shape index (κ2) is 2.80. The van der Waals surface area contributed by atoms with E-state index in [1.807, 2.05) is 7.05 Å². The van der Waals surface area contributed by atoms with Gasteiger partial charge in [-0.3, -0.25) is 0 Å². The van der Waals surface area contributed by atoms with Crippen molar-refractivity contribution >= 4 is 5.69 Å². The zero-order valence-electron chi connectivity index (χ0n) is 8.09. The highest BCUT2D eigenvalue weighted by Gasteiger charge is 2.13. The summed E-state index contributed by atoms with van der Waals surface area (Å²) in [5.74, 6) is 0.969. The molecule has 0 spiro atoms. The molecule has 1 aromatic carbocycles. The van der Waals surface area contributed by atoms with Gasteiger partial charge >= 0.3 is 0 Å². The Balaban J connectivity index is 2.42. The normalized spacial score (nSPS) is 15.2. The molecule has 0 bridgehead atoms. The van der Waals surface area contributed by atoms with Crippen molar-refractivity contribution in [2.45, 2.75) is 13.5 Å². The molecule has 1 aliphatic rings. The minimum Gasteiger partial charge on any atom is -0.357 e. The summed E-state index contributed by atoms with van der Waals surface area (Å²) in [4.78, 5) is 2.11. The van der Waals surface area contributed by atoms with Gasteiger partial charge in [0.05, 0.1) is 5.82 Å². The number of hydrogen-bond acceptors (Lipinski definition) is 2. The summed E-state index contributed by atoms with van der Waals surface area (Å²) >= 11 is 0. The van der Waals surface area contributed by atoms with Crippen LogP contribution in [0.4, 0.5) is 5.69 Å². The van der Waals surface area contributed by atoms with Crippen LogP contribution in [0.25, 0.3) is 0 Å². The van der Waals surface area contributed by atoms with E-state index in [1.54, 1.807) is 0 Å². The first kappa shape index (κ1) is 8.17. The zero-order chi connectivity index (χ0) is 9.42. The van der Waals surface area contributed by atoms with E-state index in [4.69, 9.17) is 0 Å². The Bertz CT molecular complexity index is 355. The summed E-state index contributed by atoms with van der Waals surface area (Å²) in [6.45, 7) is 6.99. The summed E-state index contributed by atoms with van der Waals surface area (Å²) < 4.78 is 0. The first-order valence-electron chi connectivity index (χ1n) is 4.43. The van der Waals surface area contributed by atoms with E-state index in [0.717, 1.165) is 12.4 Å². The molecule has 1 aliphatic heterocycles. The molecule has 68 valence electrons. The first-order valence-corrected chi connectivity index (χ1v) is 4.43. The van der Waals surface area contributed by atoms with Crippen molar-refractivity contribution in [3.63, 3.8) is 0 Å². The quantitative estimate of drug-likeness (QED) is 0.649. The fraction of sp³-hybridized carbons (Fsp3) is 0.273. The smallest absolute Gasteiger partial charge is 0.0983 e. The lowest BCUT2D eigenvalue weighted by Gasteiger charge is -2.30. The van der Waals surface area contributed by atoms with Gasteiger partial charge in [-0.05, 0) is 18.6 Å². The van der Waals surface area contributed by atoms with Crippen LogP contribution in [0, 0.1) is 6.92 Å². The number of rotatable bonds is 0. The predicted molar refractivity (Wildman–Crippen MR) is 55.4 cm³/mol. The van der Waals surface area contributed by atoms with E-state index in [0.29, 0.717) is 0 Å². The van der Waals surface area contributed by atoms with Gasteiger partial charge in [-0.2, -0.15) is 0 Å². The molecule has 0 fully saturated rings. The van der Waals surface area contributed by atoms with Gasteiger partial charge in [0.15, 0.2) is 0 Å². The Kier molecular flexibility index (Phi) is 1.76. The number of anilines is 1. The summed E-state index contributed by atoms with van der Waals surface area (Å²) in [7, 11) is 2.04. The number of nitrogens with zero attached hydrogens (tertiary/aromatic N) is 1. The van der Waals surface area contributed by atoms with E-state index in [1.165, 1.54) is 16.8 Å². The van der Waals surface area contributed by atoms with Gasteiger partial charge in [-0.25, -0.2) is 0 Å². The summed E-state index contributed by atoms with van der Waals surface area (Å²) in [6, 6.07) is 6.44. The molecular weight excluding hydrogens is 160 g/mol. The second-order valence-corrected chi connectivity index (χ2v) is 3.59. The average molecular weight is 174 g/mol. The van der Waals surface area contributed by atoms with Gasteiger partial charge in [0.25, 0.3) is 0 Å². The highest BCUT2D eigenvalue weighted by Crippen LogP contribution is 2.25. The number of aryl methyl sites for hydroxylation is 1. The Morgan fingerprint density at radius 2 is 2.23 bits per heavy atom. The molecule has 2 nitrogen and oxygen atoms in total. The Morgan fingerprint density at radius 3 is 3.00 bits per heavy atom. The fourth-order valence-electron chi connectivity index (χ4n) is 1.58. The maximum atomic E-state index is 3.93. The van der Waals surface area contributed by atoms with Crippen LogP contribution < -0.4 is 5.32 Å². The molecule has 0 atom stereocenters. The maximum absolute atomic E-state index is 3.93. The predicted octanol–water partition coefficient (Wildman–Crippen LogP) is 2.32. The van der Waals surface area contributed by atoms with Crippen molar-refractivity contribution in [3.8, 4) is 0 Å². The summed E-state index contributed by atoms with van der Waals surface area (Å²) in [6.07, 6.45) is 0. The van der Waals surface area contributed by atoms with Crippen LogP contribution in [0.15, 0.2) is 30.6 Å². The average Bonchev–Trinajstić information content (AvgIpc) is 2.08. The van der Waals surface area contributed by atoms with Crippen LogP contribution >= 0.6 is 0 Å². The van der Waals surface area contributed by atoms with E-state index < -0.39 is 0 Å². The van der Waals surface area contributed by atoms with Gasteiger partial charge < -0.3 is 10.2 Å². The molecule has 0 saturated heterocycles. The van der Waals surface area contributed by atoms with E-state index in [9.17, 15) is 0 Å². The topological polar surface area (TPSA) is 15.3 Å². The molecule has 1 aromatic rings. The molecule has 1 N–H and O–H groups in total. The van der Waals surface area contributed by atoms with Crippen LogP contribution in [0.3, 0.4) is 0 Å². The molecule has 0 aliphatic carbocycles. The van der Waals surface area contributed by atoms with Gasteiger partial charge in [0.1, 0.15) is 0 Å². The van der Waals surface area contributed by atoms with E-state index >= 15 is 0 Å². The number of hydrogen-bond donors (Lipinski definition) is 1. The molecule has 2 heteroatoms. The molecule has 0 radical (unpaired) electrons. The van der Waals surface area contributed by atoms with Gasteiger partial charge in [-0.1, -0.05) is 24.3 Å². The van der Waals surface area contributed by atoms with Crippen molar-refractivity contribution in [1.29, 1.82) is 0 Å². The minimum atomic E-state index is 0.947. The van der Waals surface area contributed by atoms with Crippen LogP contribution in [0.1, 0.15) is 11.1 Å². The van der Waals surface area contributed by atoms with Crippen molar-refractivity contribution in [2.24, 2.45) is 0 Å². The molecule has 0 unspecified atom stereocenters. The number of benzene rings is 1. The van der Waals surface area contributed by atoms with Crippen LogP contribution in [0.2, 0.25) is 0 Å². The SMILES string of the molecule is C=C1Nc2ccc(C)cc2CN1C. The lowest BCUT2D eigenvalue weighted by Crippen LogP contribution is -2.27. The molecule has 0 aromatic heterocycles. The molecule has 1 heterocycles. The minimum absolute atomic E-state index is 0.947. The lowest BCUT2D eigenvalue weighted by molar-refractivity contribution is 0.408. The highest BCUT2D eigenvalue weighted by atomic mass is 15.2. The summed E-state index contributed by atoms with van der Waals surface area (Å²) in [5, 5.41) is 3.27. The first-order chi connectivity index (χ1) is 6.16. The van der Waals surface area contributed by atoms with E-state index in [2.05, 4.69) is 41.9 Å². The van der Waals surface area contributed by atoms with Crippen LogP contribution in [-0.4, -0.2) is 11.9 Å². The largest absolute Gasteiger partial charge is 0.357 e. The maximum Gasteiger partial charge on any atom is 0.0983 e. The van der Waals surface area contributed by atoms with E-state index in [-0.39, 0.29) is 0 Å². The summed E-state index contributed by atoms with van der Waals surface area (Å²) in [5.41, 5.74) is 3.84. The second-order valence-electron chi connectivity index (χ2n) is 3.59. The molecule has 0 saturated carbocycles. The van der Waals surface area contributed by atoms with Crippen LogP contribution in [-0.2, 0) is 6.54 Å². The van der Waals surface area contributed by atoms with Gasteiger partial charge in [0, 0.05) is 19.3 Å². The third kappa shape index (κ3) is 1.39. The molecule has 2 rings (SSSR count). The van der Waals surface area contributed by atoms with Crippen molar-refractivity contribution < 1.29 is 0 Å². The monoisotopic (exact) mass is 174 g/mol. The Morgan fingerprint density at radius 1 is 1.46 bits per heavy atom. The van der Waals surface area contributed by atoms with Crippen molar-refractivity contribution in [1.82, 2.24) is 4.90 Å². The Hall–Kier alpha value is -1.44. The van der Waals surface area contributed by atoms with Crippen molar-refractivity contribution in [2.75, 3.05) is 12.4 Å². The lowest BCUT2D eigenvalue weighted by atomic mass is 10.1. The third-order valence-corrected chi connectivity index (χ3v) is 2.41. The molecule has 0 amide bonds. The number of nitrogens with one attached hydrogen (secondary N) is 1. The standard InChI is InChI=1S/C11H14N2/c1-8-4-5-11-10(6-8)7-13(3)9(2)12-11/h4-6,12H,2,7H2,1,3H3. The zero-order valence-corrected chi connectivity index (χ0v) is 8.09. The molecular formula is C11H14N2. The number of fused-ring (bicyclic) bond motifs is 1. The molecule has 13 heavy (non-hydrogen) atoms. The Labute approximate surface area is 78.9 Å². The fourth-order valence-corrected chi connectivity index (χ4v) is 1.58. The highest BCUT2D eigenvalue weighted by molar-refractivity contribution is 5.57. The van der Waals surface area contributed by atoms with Crippen LogP contribution in [0.5, 0.6) is 0 Å². The van der Waals surface area contributed by atoms with Crippen molar-refractivity contribution in [3.05, 3.63) is 41.7 Å².